The van der Waals surface area contributed by atoms with E-state index in [1.807, 2.05) is 23.9 Å². The molecule has 2 aliphatic heterocycles. The van der Waals surface area contributed by atoms with Crippen LogP contribution in [0.2, 0.25) is 0 Å². The Balaban J connectivity index is 1.49. The van der Waals surface area contributed by atoms with Gasteiger partial charge in [-0.15, -0.1) is 0 Å². The van der Waals surface area contributed by atoms with Gasteiger partial charge >= 0.3 is 6.03 Å². The number of anilines is 2. The molecule has 1 aromatic heterocycles. The van der Waals surface area contributed by atoms with Gasteiger partial charge in [0.15, 0.2) is 0 Å². The van der Waals surface area contributed by atoms with Crippen LogP contribution in [0.25, 0.3) is 0 Å². The first kappa shape index (κ1) is 15.7. The molecule has 1 fully saturated rings. The summed E-state index contributed by atoms with van der Waals surface area (Å²) in [5.74, 6) is 0.628. The number of hydrogen-bond donors (Lipinski definition) is 1. The average molecular weight is 316 g/mol. The molecular weight excluding hydrogens is 292 g/mol. The van der Waals surface area contributed by atoms with Crippen LogP contribution < -0.4 is 10.2 Å². The lowest BCUT2D eigenvalue weighted by molar-refractivity contribution is 0.144. The van der Waals surface area contributed by atoms with E-state index in [1.165, 1.54) is 0 Å². The highest BCUT2D eigenvalue weighted by Crippen LogP contribution is 2.19. The summed E-state index contributed by atoms with van der Waals surface area (Å²) >= 11 is 0. The van der Waals surface area contributed by atoms with Crippen LogP contribution >= 0.6 is 0 Å². The molecule has 1 aromatic rings. The highest BCUT2D eigenvalue weighted by molar-refractivity contribution is 5.89. The van der Waals surface area contributed by atoms with E-state index in [0.717, 1.165) is 39.0 Å². The smallest absolute Gasteiger partial charge is 0.321 e. The first-order chi connectivity index (χ1) is 11.1. The molecule has 2 amide bonds. The summed E-state index contributed by atoms with van der Waals surface area (Å²) in [6.07, 6.45) is 9.79. The summed E-state index contributed by atoms with van der Waals surface area (Å²) in [7, 11) is 3.77. The van der Waals surface area contributed by atoms with E-state index in [-0.39, 0.29) is 6.03 Å². The summed E-state index contributed by atoms with van der Waals surface area (Å²) in [6.45, 7) is 3.69. The predicted molar refractivity (Wildman–Crippen MR) is 90.7 cm³/mol. The summed E-state index contributed by atoms with van der Waals surface area (Å²) in [5, 5.41) is 2.88. The van der Waals surface area contributed by atoms with Gasteiger partial charge in [0.2, 0.25) is 5.95 Å². The van der Waals surface area contributed by atoms with Gasteiger partial charge in [0.1, 0.15) is 0 Å². The molecule has 1 saturated heterocycles. The Morgan fingerprint density at radius 1 is 1.17 bits per heavy atom. The standard InChI is InChI=1S/C16H24N6O/c1-20(2)15-17-11-13(12-18-15)19-16(23)22-9-5-14(6-10-22)21-7-3-4-8-21/h3-4,11-12,14H,5-10H2,1-2H3,(H,19,23). The molecule has 0 saturated carbocycles. The Kier molecular flexibility index (Phi) is 4.76. The van der Waals surface area contributed by atoms with Crippen molar-refractivity contribution in [1.29, 1.82) is 0 Å². The van der Waals surface area contributed by atoms with Gasteiger partial charge in [0.05, 0.1) is 18.1 Å². The number of nitrogens with one attached hydrogen (secondary N) is 1. The van der Waals surface area contributed by atoms with Gasteiger partial charge in [-0.1, -0.05) is 12.2 Å². The summed E-state index contributed by atoms with van der Waals surface area (Å²) in [5.41, 5.74) is 0.631. The number of rotatable bonds is 3. The lowest BCUT2D eigenvalue weighted by atomic mass is 10.0. The molecule has 3 rings (SSSR count). The Morgan fingerprint density at radius 3 is 2.35 bits per heavy atom. The van der Waals surface area contributed by atoms with E-state index in [0.29, 0.717) is 17.7 Å². The highest BCUT2D eigenvalue weighted by atomic mass is 16.2. The Morgan fingerprint density at radius 2 is 1.78 bits per heavy atom. The van der Waals surface area contributed by atoms with E-state index < -0.39 is 0 Å². The topological polar surface area (TPSA) is 64.6 Å². The van der Waals surface area contributed by atoms with Crippen LogP contribution in [0, 0.1) is 0 Å². The van der Waals surface area contributed by atoms with Crippen molar-refractivity contribution in [2.24, 2.45) is 0 Å². The predicted octanol–water partition coefficient (Wildman–Crippen LogP) is 1.41. The Labute approximate surface area is 137 Å². The molecule has 124 valence electrons. The number of nitrogens with zero attached hydrogens (tertiary/aromatic N) is 5. The molecule has 0 aliphatic carbocycles. The maximum atomic E-state index is 12.3. The lowest BCUT2D eigenvalue weighted by Crippen LogP contribution is -2.47. The molecule has 0 unspecified atom stereocenters. The van der Waals surface area contributed by atoms with Crippen LogP contribution in [-0.4, -0.2) is 72.1 Å². The number of carbonyl (C=O) groups is 1. The molecule has 1 N–H and O–H groups in total. The number of carbonyl (C=O) groups excluding carboxylic acids is 1. The molecule has 0 radical (unpaired) electrons. The number of aromatic nitrogens is 2. The zero-order valence-corrected chi connectivity index (χ0v) is 13.8. The maximum Gasteiger partial charge on any atom is 0.321 e. The number of piperidine rings is 1. The second kappa shape index (κ2) is 6.95. The van der Waals surface area contributed by atoms with Crippen molar-refractivity contribution in [2.45, 2.75) is 18.9 Å². The zero-order chi connectivity index (χ0) is 16.2. The van der Waals surface area contributed by atoms with E-state index >= 15 is 0 Å². The monoisotopic (exact) mass is 316 g/mol. The average Bonchev–Trinajstić information content (AvgIpc) is 3.10. The van der Waals surface area contributed by atoms with Crippen molar-refractivity contribution in [2.75, 3.05) is 50.5 Å². The van der Waals surface area contributed by atoms with Gasteiger partial charge in [-0.3, -0.25) is 4.90 Å². The molecule has 0 aromatic carbocycles. The molecule has 7 nitrogen and oxygen atoms in total. The van der Waals surface area contributed by atoms with Crippen LogP contribution in [0.5, 0.6) is 0 Å². The van der Waals surface area contributed by atoms with Crippen molar-refractivity contribution in [1.82, 2.24) is 19.8 Å². The third-order valence-corrected chi connectivity index (χ3v) is 4.40. The summed E-state index contributed by atoms with van der Waals surface area (Å²) in [6, 6.07) is 0.529. The third-order valence-electron chi connectivity index (χ3n) is 4.40. The first-order valence-electron chi connectivity index (χ1n) is 8.08. The molecule has 7 heteroatoms. The van der Waals surface area contributed by atoms with E-state index in [2.05, 4.69) is 32.3 Å². The van der Waals surface area contributed by atoms with Crippen molar-refractivity contribution >= 4 is 17.7 Å². The molecule has 0 spiro atoms. The van der Waals surface area contributed by atoms with E-state index in [1.54, 1.807) is 12.4 Å². The minimum absolute atomic E-state index is 0.0656. The van der Waals surface area contributed by atoms with Crippen LogP contribution in [0.1, 0.15) is 12.8 Å². The fourth-order valence-electron chi connectivity index (χ4n) is 3.05. The molecule has 3 heterocycles. The fourth-order valence-corrected chi connectivity index (χ4v) is 3.05. The lowest BCUT2D eigenvalue weighted by Gasteiger charge is -2.36. The number of likely N-dealkylation sites (tertiary alicyclic amines) is 1. The largest absolute Gasteiger partial charge is 0.347 e. The van der Waals surface area contributed by atoms with Crippen molar-refractivity contribution in [3.05, 3.63) is 24.5 Å². The quantitative estimate of drug-likeness (QED) is 0.854. The van der Waals surface area contributed by atoms with Crippen LogP contribution in [-0.2, 0) is 0 Å². The fraction of sp³-hybridized carbons (Fsp3) is 0.562. The second-order valence-electron chi connectivity index (χ2n) is 6.24. The Bertz CT molecular complexity index is 554. The van der Waals surface area contributed by atoms with Gasteiger partial charge in [-0.05, 0) is 12.8 Å². The van der Waals surface area contributed by atoms with Crippen molar-refractivity contribution in [3.8, 4) is 0 Å². The van der Waals surface area contributed by atoms with Crippen LogP contribution in [0.4, 0.5) is 16.4 Å². The van der Waals surface area contributed by atoms with Gasteiger partial charge in [-0.2, -0.15) is 0 Å². The summed E-state index contributed by atoms with van der Waals surface area (Å²) < 4.78 is 0. The van der Waals surface area contributed by atoms with E-state index in [4.69, 9.17) is 0 Å². The number of urea groups is 1. The van der Waals surface area contributed by atoms with Crippen molar-refractivity contribution < 1.29 is 4.79 Å². The van der Waals surface area contributed by atoms with Gasteiger partial charge < -0.3 is 15.1 Å². The Hall–Kier alpha value is -2.15. The molecular formula is C16H24N6O. The molecule has 0 atom stereocenters. The molecule has 2 aliphatic rings. The van der Waals surface area contributed by atoms with E-state index in [9.17, 15) is 4.79 Å². The minimum Gasteiger partial charge on any atom is -0.347 e. The van der Waals surface area contributed by atoms with Gasteiger partial charge in [0.25, 0.3) is 0 Å². The van der Waals surface area contributed by atoms with Gasteiger partial charge in [-0.25, -0.2) is 14.8 Å². The first-order valence-corrected chi connectivity index (χ1v) is 8.08. The number of hydrogen-bond acceptors (Lipinski definition) is 5. The second-order valence-corrected chi connectivity index (χ2v) is 6.24. The molecule has 0 bridgehead atoms. The normalized spacial score (nSPS) is 19.1. The molecule has 23 heavy (non-hydrogen) atoms. The summed E-state index contributed by atoms with van der Waals surface area (Å²) in [4.78, 5) is 26.9. The van der Waals surface area contributed by atoms with Crippen LogP contribution in [0.15, 0.2) is 24.5 Å². The minimum atomic E-state index is -0.0656. The zero-order valence-electron chi connectivity index (χ0n) is 13.8. The SMILES string of the molecule is CN(C)c1ncc(NC(=O)N2CCC(N3CC=CC3)CC2)cn1. The third kappa shape index (κ3) is 3.79. The number of amides is 2. The van der Waals surface area contributed by atoms with Gasteiger partial charge in [0, 0.05) is 46.3 Å². The van der Waals surface area contributed by atoms with Crippen molar-refractivity contribution in [3.63, 3.8) is 0 Å². The highest BCUT2D eigenvalue weighted by Gasteiger charge is 2.27. The van der Waals surface area contributed by atoms with Crippen LogP contribution in [0.3, 0.4) is 0 Å². The maximum absolute atomic E-state index is 12.3.